The van der Waals surface area contributed by atoms with Crippen molar-refractivity contribution in [3.63, 3.8) is 0 Å². The van der Waals surface area contributed by atoms with Gasteiger partial charge in [0.2, 0.25) is 0 Å². The average Bonchev–Trinajstić information content (AvgIpc) is 2.33. The van der Waals surface area contributed by atoms with Crippen molar-refractivity contribution >= 4 is 38.5 Å². The molecule has 1 aromatic rings. The van der Waals surface area contributed by atoms with Crippen molar-refractivity contribution in [2.24, 2.45) is 0 Å². The van der Waals surface area contributed by atoms with Gasteiger partial charge in [-0.3, -0.25) is 0 Å². The van der Waals surface area contributed by atoms with E-state index in [1.807, 2.05) is 46.8 Å². The molecule has 0 spiro atoms. The van der Waals surface area contributed by atoms with Gasteiger partial charge in [0.25, 0.3) is 0 Å². The highest BCUT2D eigenvalue weighted by Gasteiger charge is 2.23. The number of nitrogens with one attached hydrogen (secondary N) is 1. The molecule has 0 saturated carbocycles. The lowest BCUT2D eigenvalue weighted by Crippen LogP contribution is -2.34. The first-order valence-electron chi connectivity index (χ1n) is 6.47. The zero-order valence-corrected chi connectivity index (χ0v) is 15.6. The molecule has 114 valence electrons. The van der Waals surface area contributed by atoms with Gasteiger partial charge in [-0.15, -0.1) is 0 Å². The average molecular weight is 383 g/mol. The van der Waals surface area contributed by atoms with E-state index >= 15 is 0 Å². The summed E-state index contributed by atoms with van der Waals surface area (Å²) in [6.45, 7) is 10.2. The second kappa shape index (κ2) is 7.25. The molecule has 0 bridgehead atoms. The summed E-state index contributed by atoms with van der Waals surface area (Å²) in [7, 11) is -1.15. The van der Waals surface area contributed by atoms with E-state index < -0.39 is 11.0 Å². The van der Waals surface area contributed by atoms with Crippen molar-refractivity contribution in [3.05, 3.63) is 27.2 Å². The molecule has 6 heteroatoms. The van der Waals surface area contributed by atoms with Crippen LogP contribution in [0.1, 0.15) is 46.2 Å². The number of halogens is 2. The van der Waals surface area contributed by atoms with Crippen molar-refractivity contribution in [2.75, 3.05) is 6.61 Å². The van der Waals surface area contributed by atoms with E-state index in [0.717, 1.165) is 10.0 Å². The lowest BCUT2D eigenvalue weighted by molar-refractivity contribution is 0.337. The number of benzene rings is 1. The fourth-order valence-corrected chi connectivity index (χ4v) is 3.30. The summed E-state index contributed by atoms with van der Waals surface area (Å²) in [6, 6.07) is 3.67. The Hall–Kier alpha value is -0.100. The van der Waals surface area contributed by atoms with Gasteiger partial charge in [-0.2, -0.15) is 0 Å². The first-order valence-corrected chi connectivity index (χ1v) is 8.79. The van der Waals surface area contributed by atoms with Crippen molar-refractivity contribution in [1.82, 2.24) is 4.72 Å². The molecule has 0 heterocycles. The third-order valence-electron chi connectivity index (χ3n) is 2.67. The summed E-state index contributed by atoms with van der Waals surface area (Å²) < 4.78 is 21.3. The van der Waals surface area contributed by atoms with Crippen LogP contribution in [-0.4, -0.2) is 15.6 Å². The highest BCUT2D eigenvalue weighted by molar-refractivity contribution is 9.10. The molecule has 0 saturated heterocycles. The summed E-state index contributed by atoms with van der Waals surface area (Å²) in [5.41, 5.74) is 0.871. The summed E-state index contributed by atoms with van der Waals surface area (Å²) >= 11 is 9.82. The fraction of sp³-hybridized carbons (Fsp3) is 0.571. The highest BCUT2D eigenvalue weighted by atomic mass is 79.9. The Balaban J connectivity index is 3.02. The van der Waals surface area contributed by atoms with Crippen LogP contribution in [-0.2, 0) is 11.0 Å². The highest BCUT2D eigenvalue weighted by Crippen LogP contribution is 2.38. The Morgan fingerprint density at radius 3 is 2.55 bits per heavy atom. The van der Waals surface area contributed by atoms with Gasteiger partial charge in [-0.05, 0) is 62.2 Å². The predicted octanol–water partition coefficient (Wildman–Crippen LogP) is 4.61. The minimum Gasteiger partial charge on any atom is -0.491 e. The van der Waals surface area contributed by atoms with E-state index in [1.54, 1.807) is 0 Å². The molecule has 20 heavy (non-hydrogen) atoms. The van der Waals surface area contributed by atoms with Crippen molar-refractivity contribution in [3.8, 4) is 5.75 Å². The smallest absolute Gasteiger partial charge is 0.152 e. The molecule has 3 nitrogen and oxygen atoms in total. The Morgan fingerprint density at radius 2 is 2.05 bits per heavy atom. The van der Waals surface area contributed by atoms with Crippen LogP contribution in [0.15, 0.2) is 16.6 Å². The summed E-state index contributed by atoms with van der Waals surface area (Å²) in [5, 5.41) is 0.548. The van der Waals surface area contributed by atoms with Gasteiger partial charge in [0.1, 0.15) is 0 Å². The maximum Gasteiger partial charge on any atom is 0.152 e. The topological polar surface area (TPSA) is 38.3 Å². The molecule has 1 N–H and O–H groups in total. The lowest BCUT2D eigenvalue weighted by Gasteiger charge is -2.23. The molecule has 0 unspecified atom stereocenters. The van der Waals surface area contributed by atoms with E-state index in [-0.39, 0.29) is 10.8 Å². The van der Waals surface area contributed by atoms with Gasteiger partial charge in [-0.1, -0.05) is 17.7 Å². The zero-order chi connectivity index (χ0) is 15.5. The molecular formula is C14H21BrClNO2S. The number of hydrogen-bond acceptors (Lipinski definition) is 2. The first kappa shape index (κ1) is 18.0. The molecular weight excluding hydrogens is 362 g/mol. The monoisotopic (exact) mass is 381 g/mol. The van der Waals surface area contributed by atoms with Crippen LogP contribution in [0.5, 0.6) is 5.75 Å². The number of rotatable bonds is 5. The zero-order valence-electron chi connectivity index (χ0n) is 12.4. The Bertz CT molecular complexity index is 503. The first-order chi connectivity index (χ1) is 9.18. The van der Waals surface area contributed by atoms with Crippen LogP contribution < -0.4 is 9.46 Å². The lowest BCUT2D eigenvalue weighted by atomic mass is 10.1. The van der Waals surface area contributed by atoms with E-state index in [1.165, 1.54) is 0 Å². The molecule has 1 aromatic carbocycles. The van der Waals surface area contributed by atoms with Crippen molar-refractivity contribution in [2.45, 2.75) is 45.4 Å². The van der Waals surface area contributed by atoms with Crippen LogP contribution in [0, 0.1) is 0 Å². The van der Waals surface area contributed by atoms with E-state index in [2.05, 4.69) is 20.7 Å². The molecule has 0 aliphatic heterocycles. The summed E-state index contributed by atoms with van der Waals surface area (Å²) in [4.78, 5) is 0. The predicted molar refractivity (Wildman–Crippen MR) is 89.8 cm³/mol. The molecule has 0 fully saturated rings. The fourth-order valence-electron chi connectivity index (χ4n) is 1.56. The third kappa shape index (κ3) is 4.45. The van der Waals surface area contributed by atoms with Gasteiger partial charge >= 0.3 is 0 Å². The van der Waals surface area contributed by atoms with Gasteiger partial charge in [0.15, 0.2) is 5.75 Å². The molecule has 2 atom stereocenters. The maximum absolute atomic E-state index is 12.2. The van der Waals surface area contributed by atoms with E-state index in [9.17, 15) is 4.21 Å². The Morgan fingerprint density at radius 1 is 1.45 bits per heavy atom. The molecule has 0 aromatic heterocycles. The Kier molecular flexibility index (Phi) is 6.51. The van der Waals surface area contributed by atoms with Crippen LogP contribution >= 0.6 is 27.5 Å². The van der Waals surface area contributed by atoms with Crippen molar-refractivity contribution in [1.29, 1.82) is 0 Å². The molecule has 0 radical (unpaired) electrons. The second-order valence-electron chi connectivity index (χ2n) is 5.43. The van der Waals surface area contributed by atoms with Crippen LogP contribution in [0.3, 0.4) is 0 Å². The second-order valence-corrected chi connectivity index (χ2v) is 8.66. The minimum absolute atomic E-state index is 0.130. The maximum atomic E-state index is 12.2. The molecule has 0 aliphatic rings. The van der Waals surface area contributed by atoms with Crippen LogP contribution in [0.4, 0.5) is 0 Å². The molecule has 1 rings (SSSR count). The van der Waals surface area contributed by atoms with Gasteiger partial charge < -0.3 is 4.74 Å². The third-order valence-corrected chi connectivity index (χ3v) is 5.37. The largest absolute Gasteiger partial charge is 0.491 e. The quantitative estimate of drug-likeness (QED) is 0.807. The SMILES string of the molecule is CCOc1c(Br)ccc([C@@H](C)N[S@@](=O)C(C)(C)C)c1Cl. The van der Waals surface area contributed by atoms with Gasteiger partial charge in [-0.25, -0.2) is 8.93 Å². The molecule has 0 aliphatic carbocycles. The van der Waals surface area contributed by atoms with Gasteiger partial charge in [0.05, 0.1) is 31.8 Å². The van der Waals surface area contributed by atoms with Crippen molar-refractivity contribution < 1.29 is 8.95 Å². The van der Waals surface area contributed by atoms with E-state index in [4.69, 9.17) is 16.3 Å². The standard InChI is InChI=1S/C14H21BrClNO2S/c1-6-19-13-11(15)8-7-10(12(13)16)9(2)17-20(18)14(3,4)5/h7-9,17H,6H2,1-5H3/t9-,20+/m1/s1. The Labute approximate surface area is 137 Å². The molecule has 0 amide bonds. The minimum atomic E-state index is -1.15. The normalized spacial score (nSPS) is 14.9. The van der Waals surface area contributed by atoms with Gasteiger partial charge in [0, 0.05) is 6.04 Å². The number of ether oxygens (including phenoxy) is 1. The summed E-state index contributed by atoms with van der Waals surface area (Å²) in [5.74, 6) is 0.627. The summed E-state index contributed by atoms with van der Waals surface area (Å²) in [6.07, 6.45) is 0. The number of hydrogen-bond donors (Lipinski definition) is 1. The van der Waals surface area contributed by atoms with Crippen LogP contribution in [0.2, 0.25) is 5.02 Å². The van der Waals surface area contributed by atoms with E-state index in [0.29, 0.717) is 17.4 Å². The van der Waals surface area contributed by atoms with Crippen LogP contribution in [0.25, 0.3) is 0 Å².